The number of nitrogens with one attached hydrogen (secondary N) is 2. The topological polar surface area (TPSA) is 70.9 Å². The Bertz CT molecular complexity index is 952. The summed E-state index contributed by atoms with van der Waals surface area (Å²) >= 11 is 0. The lowest BCUT2D eigenvalue weighted by Crippen LogP contribution is -2.12. The van der Waals surface area contributed by atoms with Crippen LogP contribution in [0.25, 0.3) is 22.0 Å². The molecular weight excluding hydrogens is 266 g/mol. The van der Waals surface area contributed by atoms with E-state index >= 15 is 0 Å². The molecule has 0 spiro atoms. The minimum atomic E-state index is -0.150. The monoisotopic (exact) mass is 277 g/mol. The molecule has 2 heterocycles. The molecule has 2 aromatic carbocycles. The second kappa shape index (κ2) is 4.49. The molecule has 0 aliphatic carbocycles. The average Bonchev–Trinajstić information content (AvgIpc) is 3.14. The maximum absolute atomic E-state index is 12.4. The smallest absolute Gasteiger partial charge is 0.256 e. The number of hydrogen-bond acceptors (Lipinski definition) is 3. The number of hydrogen-bond donors (Lipinski definition) is 2. The highest BCUT2D eigenvalue weighted by Crippen LogP contribution is 2.21. The van der Waals surface area contributed by atoms with Crippen LogP contribution in [-0.2, 0) is 0 Å². The van der Waals surface area contributed by atoms with Crippen LogP contribution in [0, 0.1) is 0 Å². The van der Waals surface area contributed by atoms with Gasteiger partial charge in [0.2, 0.25) is 0 Å². The average molecular weight is 277 g/mol. The van der Waals surface area contributed by atoms with Crippen LogP contribution in [0.4, 0.5) is 5.69 Å². The van der Waals surface area contributed by atoms with Crippen LogP contribution in [-0.4, -0.2) is 15.9 Å². The molecule has 1 amide bonds. The van der Waals surface area contributed by atoms with Gasteiger partial charge in [-0.2, -0.15) is 0 Å². The van der Waals surface area contributed by atoms with E-state index in [1.54, 1.807) is 24.3 Å². The number of carbonyl (C=O) groups is 1. The molecule has 102 valence electrons. The lowest BCUT2D eigenvalue weighted by Gasteiger charge is -2.06. The molecule has 5 heteroatoms. The number of nitrogens with zero attached hydrogens (tertiary/aromatic N) is 1. The molecule has 2 aromatic heterocycles. The molecule has 21 heavy (non-hydrogen) atoms. The molecule has 2 N–H and O–H groups in total. The van der Waals surface area contributed by atoms with E-state index in [1.165, 1.54) is 6.39 Å². The standard InChI is InChI=1S/C16H11N3O2/c20-16(12-2-1-3-13-11(12)6-7-17-13)19-10-4-5-15-14(8-10)18-9-21-15/h1-9,17H,(H,19,20). The van der Waals surface area contributed by atoms with Crippen molar-refractivity contribution in [3.8, 4) is 0 Å². The highest BCUT2D eigenvalue weighted by molar-refractivity contribution is 6.12. The van der Waals surface area contributed by atoms with Crippen molar-refractivity contribution in [1.29, 1.82) is 0 Å². The van der Waals surface area contributed by atoms with E-state index in [2.05, 4.69) is 15.3 Å². The molecule has 0 unspecified atom stereocenters. The maximum Gasteiger partial charge on any atom is 0.256 e. The summed E-state index contributed by atoms with van der Waals surface area (Å²) in [6, 6.07) is 12.9. The first-order chi connectivity index (χ1) is 10.3. The number of aromatic nitrogens is 2. The Morgan fingerprint density at radius 3 is 3.10 bits per heavy atom. The van der Waals surface area contributed by atoms with Crippen molar-refractivity contribution in [3.63, 3.8) is 0 Å². The van der Waals surface area contributed by atoms with Crippen molar-refractivity contribution in [2.24, 2.45) is 0 Å². The molecule has 5 nitrogen and oxygen atoms in total. The van der Waals surface area contributed by atoms with Crippen LogP contribution >= 0.6 is 0 Å². The van der Waals surface area contributed by atoms with E-state index in [0.29, 0.717) is 22.4 Å². The number of benzene rings is 2. The van der Waals surface area contributed by atoms with Crippen LogP contribution < -0.4 is 5.32 Å². The molecule has 0 atom stereocenters. The van der Waals surface area contributed by atoms with Gasteiger partial charge in [0, 0.05) is 28.4 Å². The summed E-state index contributed by atoms with van der Waals surface area (Å²) in [5.41, 5.74) is 3.67. The van der Waals surface area contributed by atoms with Crippen LogP contribution in [0.3, 0.4) is 0 Å². The Kier molecular flexibility index (Phi) is 2.50. The molecule has 0 bridgehead atoms. The summed E-state index contributed by atoms with van der Waals surface area (Å²) in [6.45, 7) is 0. The number of carbonyl (C=O) groups excluding carboxylic acids is 1. The Morgan fingerprint density at radius 1 is 1.19 bits per heavy atom. The fraction of sp³-hybridized carbons (Fsp3) is 0. The maximum atomic E-state index is 12.4. The molecule has 0 aliphatic rings. The largest absolute Gasteiger partial charge is 0.443 e. The summed E-state index contributed by atoms with van der Waals surface area (Å²) in [6.07, 6.45) is 3.21. The number of fused-ring (bicyclic) bond motifs is 2. The second-order valence-corrected chi connectivity index (χ2v) is 4.73. The van der Waals surface area contributed by atoms with Gasteiger partial charge in [-0.15, -0.1) is 0 Å². The van der Waals surface area contributed by atoms with Gasteiger partial charge in [0.25, 0.3) is 5.91 Å². The van der Waals surface area contributed by atoms with Crippen LogP contribution in [0.1, 0.15) is 10.4 Å². The highest BCUT2D eigenvalue weighted by atomic mass is 16.3. The van der Waals surface area contributed by atoms with Crippen LogP contribution in [0.5, 0.6) is 0 Å². The Labute approximate surface area is 119 Å². The fourth-order valence-electron chi connectivity index (χ4n) is 2.42. The summed E-state index contributed by atoms with van der Waals surface area (Å²) in [7, 11) is 0. The quantitative estimate of drug-likeness (QED) is 0.588. The summed E-state index contributed by atoms with van der Waals surface area (Å²) in [5.74, 6) is -0.150. The van der Waals surface area contributed by atoms with E-state index in [9.17, 15) is 4.79 Å². The first kappa shape index (κ1) is 11.7. The molecule has 0 saturated carbocycles. The van der Waals surface area contributed by atoms with Gasteiger partial charge in [-0.3, -0.25) is 4.79 Å². The predicted molar refractivity (Wildman–Crippen MR) is 80.3 cm³/mol. The van der Waals surface area contributed by atoms with Gasteiger partial charge < -0.3 is 14.7 Å². The van der Waals surface area contributed by atoms with Crippen LogP contribution in [0.15, 0.2) is 59.5 Å². The number of anilines is 1. The number of oxazole rings is 1. The summed E-state index contributed by atoms with van der Waals surface area (Å²) in [4.78, 5) is 19.6. The zero-order valence-corrected chi connectivity index (χ0v) is 11.0. The lowest BCUT2D eigenvalue weighted by molar-refractivity contribution is 0.102. The minimum Gasteiger partial charge on any atom is -0.443 e. The number of H-pyrrole nitrogens is 1. The number of aromatic amines is 1. The fourth-order valence-corrected chi connectivity index (χ4v) is 2.42. The van der Waals surface area contributed by atoms with Gasteiger partial charge in [-0.05, 0) is 36.4 Å². The first-order valence-electron chi connectivity index (χ1n) is 6.52. The molecule has 4 aromatic rings. The van der Waals surface area contributed by atoms with Crippen molar-refractivity contribution in [3.05, 3.63) is 60.6 Å². The molecule has 4 rings (SSSR count). The minimum absolute atomic E-state index is 0.150. The third kappa shape index (κ3) is 1.95. The van der Waals surface area contributed by atoms with Crippen molar-refractivity contribution in [2.75, 3.05) is 5.32 Å². The zero-order valence-electron chi connectivity index (χ0n) is 11.0. The predicted octanol–water partition coefficient (Wildman–Crippen LogP) is 3.56. The normalized spacial score (nSPS) is 11.0. The Balaban J connectivity index is 1.70. The summed E-state index contributed by atoms with van der Waals surface area (Å²) < 4.78 is 5.18. The van der Waals surface area contributed by atoms with E-state index in [-0.39, 0.29) is 5.91 Å². The third-order valence-corrected chi connectivity index (χ3v) is 3.43. The Hall–Kier alpha value is -3.08. The SMILES string of the molecule is O=C(Nc1ccc2ocnc2c1)c1cccc2[nH]ccc12. The van der Waals surface area contributed by atoms with Gasteiger partial charge in [-0.1, -0.05) is 6.07 Å². The molecule has 0 saturated heterocycles. The molecule has 0 fully saturated rings. The summed E-state index contributed by atoms with van der Waals surface area (Å²) in [5, 5.41) is 3.79. The zero-order chi connectivity index (χ0) is 14.2. The first-order valence-corrected chi connectivity index (χ1v) is 6.52. The third-order valence-electron chi connectivity index (χ3n) is 3.43. The molecular formula is C16H11N3O2. The number of amides is 1. The Morgan fingerprint density at radius 2 is 2.14 bits per heavy atom. The van der Waals surface area contributed by atoms with Crippen molar-refractivity contribution in [2.45, 2.75) is 0 Å². The van der Waals surface area contributed by atoms with E-state index in [0.717, 1.165) is 10.9 Å². The van der Waals surface area contributed by atoms with Crippen LogP contribution in [0.2, 0.25) is 0 Å². The molecule has 0 aliphatic heterocycles. The van der Waals surface area contributed by atoms with E-state index < -0.39 is 0 Å². The van der Waals surface area contributed by atoms with E-state index in [1.807, 2.05) is 24.4 Å². The van der Waals surface area contributed by atoms with Gasteiger partial charge in [0.15, 0.2) is 12.0 Å². The van der Waals surface area contributed by atoms with Crippen molar-refractivity contribution in [1.82, 2.24) is 9.97 Å². The van der Waals surface area contributed by atoms with E-state index in [4.69, 9.17) is 4.42 Å². The molecule has 0 radical (unpaired) electrons. The lowest BCUT2D eigenvalue weighted by atomic mass is 10.1. The van der Waals surface area contributed by atoms with Gasteiger partial charge in [0.05, 0.1) is 0 Å². The van der Waals surface area contributed by atoms with Gasteiger partial charge >= 0.3 is 0 Å². The van der Waals surface area contributed by atoms with Gasteiger partial charge in [-0.25, -0.2) is 4.98 Å². The highest BCUT2D eigenvalue weighted by Gasteiger charge is 2.11. The van der Waals surface area contributed by atoms with Crippen molar-refractivity contribution < 1.29 is 9.21 Å². The van der Waals surface area contributed by atoms with Crippen molar-refractivity contribution >= 4 is 33.6 Å². The second-order valence-electron chi connectivity index (χ2n) is 4.73. The van der Waals surface area contributed by atoms with Gasteiger partial charge in [0.1, 0.15) is 5.52 Å². The number of rotatable bonds is 2.